The highest BCUT2D eigenvalue weighted by Crippen LogP contribution is 2.28. The summed E-state index contributed by atoms with van der Waals surface area (Å²) >= 11 is 0. The van der Waals surface area contributed by atoms with Gasteiger partial charge in [-0.05, 0) is 31.0 Å². The monoisotopic (exact) mass is 298 g/mol. The number of nitrogen functional groups attached to an aromatic ring is 1. The Balaban J connectivity index is 1.84. The molecule has 6 N–H and O–H groups in total. The Labute approximate surface area is 117 Å². The van der Waals surface area contributed by atoms with Crippen LogP contribution in [0.4, 0.5) is 11.4 Å². The van der Waals surface area contributed by atoms with Crippen LogP contribution in [0.2, 0.25) is 0 Å². The lowest BCUT2D eigenvalue weighted by atomic mass is 10.3. The molecule has 0 atom stereocenters. The Morgan fingerprint density at radius 2 is 2.00 bits per heavy atom. The van der Waals surface area contributed by atoms with Crippen molar-refractivity contribution < 1.29 is 13.2 Å². The number of primary sulfonamides is 1. The number of hydrogen-bond donors (Lipinski definition) is 4. The van der Waals surface area contributed by atoms with Crippen molar-refractivity contribution in [1.29, 1.82) is 0 Å². The maximum absolute atomic E-state index is 11.4. The molecule has 0 saturated heterocycles. The molecule has 110 valence electrons. The topological polar surface area (TPSA) is 127 Å². The summed E-state index contributed by atoms with van der Waals surface area (Å²) in [6.45, 7) is 1.04. The molecule has 1 aromatic carbocycles. The van der Waals surface area contributed by atoms with Gasteiger partial charge in [0.1, 0.15) is 4.90 Å². The van der Waals surface area contributed by atoms with Gasteiger partial charge in [-0.2, -0.15) is 0 Å². The molecule has 0 radical (unpaired) electrons. The molecule has 1 aromatic rings. The van der Waals surface area contributed by atoms with Gasteiger partial charge >= 0.3 is 0 Å². The van der Waals surface area contributed by atoms with Gasteiger partial charge in [-0.15, -0.1) is 0 Å². The smallest absolute Gasteiger partial charge is 0.240 e. The van der Waals surface area contributed by atoms with Gasteiger partial charge in [0.2, 0.25) is 15.9 Å². The average molecular weight is 298 g/mol. The summed E-state index contributed by atoms with van der Waals surface area (Å²) in [7, 11) is -3.80. The van der Waals surface area contributed by atoms with E-state index in [4.69, 9.17) is 10.9 Å². The minimum atomic E-state index is -3.80. The van der Waals surface area contributed by atoms with Crippen molar-refractivity contribution in [1.82, 2.24) is 5.32 Å². The van der Waals surface area contributed by atoms with E-state index in [1.54, 1.807) is 6.07 Å². The molecule has 1 saturated carbocycles. The fraction of sp³-hybridized carbons (Fsp3) is 0.417. The molecule has 0 heterocycles. The fourth-order valence-electron chi connectivity index (χ4n) is 1.80. The van der Waals surface area contributed by atoms with E-state index in [0.29, 0.717) is 18.8 Å². The van der Waals surface area contributed by atoms with Crippen LogP contribution in [0.25, 0.3) is 0 Å². The van der Waals surface area contributed by atoms with Crippen LogP contribution in [0, 0.1) is 5.92 Å². The van der Waals surface area contributed by atoms with E-state index in [1.807, 2.05) is 0 Å². The maximum Gasteiger partial charge on any atom is 0.240 e. The van der Waals surface area contributed by atoms with Crippen molar-refractivity contribution in [2.45, 2.75) is 17.7 Å². The van der Waals surface area contributed by atoms with Gasteiger partial charge in [0.15, 0.2) is 0 Å². The Bertz CT molecular complexity index is 611. The molecule has 20 heavy (non-hydrogen) atoms. The number of carbonyl (C=O) groups is 1. The number of anilines is 2. The first-order chi connectivity index (χ1) is 9.38. The third-order valence-electron chi connectivity index (χ3n) is 3.02. The van der Waals surface area contributed by atoms with Gasteiger partial charge in [0.05, 0.1) is 5.69 Å². The lowest BCUT2D eigenvalue weighted by Crippen LogP contribution is -2.29. The predicted octanol–water partition coefficient (Wildman–Crippen LogP) is -0.146. The quantitative estimate of drug-likeness (QED) is 0.429. The van der Waals surface area contributed by atoms with E-state index in [0.717, 1.165) is 12.8 Å². The molecular weight excluding hydrogens is 280 g/mol. The molecule has 0 aromatic heterocycles. The zero-order valence-corrected chi connectivity index (χ0v) is 11.7. The number of rotatable bonds is 6. The normalized spacial score (nSPS) is 14.8. The third kappa shape index (κ3) is 3.84. The highest BCUT2D eigenvalue weighted by atomic mass is 32.2. The highest BCUT2D eigenvalue weighted by molar-refractivity contribution is 7.89. The number of benzene rings is 1. The molecule has 1 fully saturated rings. The summed E-state index contributed by atoms with van der Waals surface area (Å²) in [5, 5.41) is 10.9. The Morgan fingerprint density at radius 3 is 2.55 bits per heavy atom. The second kappa shape index (κ2) is 5.68. The summed E-state index contributed by atoms with van der Waals surface area (Å²) < 4.78 is 22.4. The van der Waals surface area contributed by atoms with Crippen LogP contribution in [0.3, 0.4) is 0 Å². The lowest BCUT2D eigenvalue weighted by Gasteiger charge is -2.10. The van der Waals surface area contributed by atoms with Gasteiger partial charge in [0, 0.05) is 24.7 Å². The summed E-state index contributed by atoms with van der Waals surface area (Å²) in [5.74, 6) is 0.288. The Kier molecular flexibility index (Phi) is 4.15. The highest BCUT2D eigenvalue weighted by Gasteiger charge is 2.28. The first-order valence-electron chi connectivity index (χ1n) is 6.32. The molecule has 0 spiro atoms. The summed E-state index contributed by atoms with van der Waals surface area (Å²) in [6.07, 6.45) is 1.95. The molecule has 1 amide bonds. The molecule has 0 aliphatic heterocycles. The number of carbonyl (C=O) groups excluding carboxylic acids is 1. The lowest BCUT2D eigenvalue weighted by molar-refractivity contribution is -0.122. The van der Waals surface area contributed by atoms with Crippen LogP contribution in [0.15, 0.2) is 23.1 Å². The van der Waals surface area contributed by atoms with Crippen LogP contribution in [-0.2, 0) is 14.8 Å². The van der Waals surface area contributed by atoms with Crippen molar-refractivity contribution in [2.24, 2.45) is 11.1 Å². The predicted molar refractivity (Wildman–Crippen MR) is 76.5 cm³/mol. The van der Waals surface area contributed by atoms with E-state index < -0.39 is 10.0 Å². The number of nitrogens with one attached hydrogen (secondary N) is 2. The fourth-order valence-corrected chi connectivity index (χ4v) is 2.45. The Hall–Kier alpha value is -1.80. The van der Waals surface area contributed by atoms with Crippen molar-refractivity contribution in [3.63, 3.8) is 0 Å². The van der Waals surface area contributed by atoms with E-state index >= 15 is 0 Å². The number of hydrogen-bond acceptors (Lipinski definition) is 5. The third-order valence-corrected chi connectivity index (χ3v) is 4.00. The zero-order valence-electron chi connectivity index (χ0n) is 10.9. The van der Waals surface area contributed by atoms with Gasteiger partial charge in [-0.25, -0.2) is 13.6 Å². The van der Waals surface area contributed by atoms with Gasteiger partial charge in [0.25, 0.3) is 0 Å². The second-order valence-electron chi connectivity index (χ2n) is 4.79. The molecule has 7 nitrogen and oxygen atoms in total. The van der Waals surface area contributed by atoms with Crippen LogP contribution in [0.1, 0.15) is 12.8 Å². The molecule has 0 unspecified atom stereocenters. The zero-order chi connectivity index (χ0) is 14.8. The van der Waals surface area contributed by atoms with Crippen LogP contribution < -0.4 is 21.5 Å². The number of nitrogens with two attached hydrogens (primary N) is 2. The molecular formula is C12H18N4O3S. The average Bonchev–Trinajstić information content (AvgIpc) is 3.17. The van der Waals surface area contributed by atoms with Crippen molar-refractivity contribution in [2.75, 3.05) is 24.1 Å². The molecule has 8 heteroatoms. The van der Waals surface area contributed by atoms with Crippen LogP contribution >= 0.6 is 0 Å². The van der Waals surface area contributed by atoms with Crippen molar-refractivity contribution >= 4 is 27.3 Å². The Morgan fingerprint density at radius 1 is 1.30 bits per heavy atom. The number of amides is 1. The van der Waals surface area contributed by atoms with Crippen molar-refractivity contribution in [3.05, 3.63) is 18.2 Å². The van der Waals surface area contributed by atoms with Crippen LogP contribution in [0.5, 0.6) is 0 Å². The van der Waals surface area contributed by atoms with Gasteiger partial charge < -0.3 is 16.4 Å². The van der Waals surface area contributed by atoms with Crippen LogP contribution in [-0.4, -0.2) is 27.4 Å². The van der Waals surface area contributed by atoms with Crippen molar-refractivity contribution in [3.8, 4) is 0 Å². The maximum atomic E-state index is 11.4. The first kappa shape index (κ1) is 14.6. The summed E-state index contributed by atoms with van der Waals surface area (Å²) in [4.78, 5) is 11.3. The second-order valence-corrected chi connectivity index (χ2v) is 6.32. The van der Waals surface area contributed by atoms with Gasteiger partial charge in [-0.1, -0.05) is 0 Å². The van der Waals surface area contributed by atoms with E-state index in [-0.39, 0.29) is 22.4 Å². The van der Waals surface area contributed by atoms with Gasteiger partial charge in [-0.3, -0.25) is 4.79 Å². The number of sulfonamides is 1. The summed E-state index contributed by atoms with van der Waals surface area (Å²) in [5.41, 5.74) is 6.41. The largest absolute Gasteiger partial charge is 0.398 e. The minimum Gasteiger partial charge on any atom is -0.398 e. The van der Waals surface area contributed by atoms with E-state index in [9.17, 15) is 13.2 Å². The first-order valence-corrected chi connectivity index (χ1v) is 7.86. The SMILES string of the molecule is Nc1cc(NCCNC(=O)C2CC2)ccc1S(N)(=O)=O. The molecule has 0 bridgehead atoms. The minimum absolute atomic E-state index is 0.0925. The summed E-state index contributed by atoms with van der Waals surface area (Å²) in [6, 6.07) is 4.44. The van der Waals surface area contributed by atoms with E-state index in [1.165, 1.54) is 12.1 Å². The molecule has 1 aliphatic rings. The molecule has 1 aliphatic carbocycles. The van der Waals surface area contributed by atoms with E-state index in [2.05, 4.69) is 10.6 Å². The molecule has 2 rings (SSSR count). The standard InChI is InChI=1S/C12H18N4O3S/c13-10-7-9(3-4-11(10)20(14,18)19)15-5-6-16-12(17)8-1-2-8/h3-4,7-8,15H,1-2,5-6,13H2,(H,16,17)(H2,14,18,19).